The molecule has 6 heteroatoms. The van der Waals surface area contributed by atoms with Gasteiger partial charge in [0.25, 0.3) is 0 Å². The smallest absolute Gasteiger partial charge is 0.411 e. The molecule has 26 heavy (non-hydrogen) atoms. The van der Waals surface area contributed by atoms with Crippen molar-refractivity contribution in [1.82, 2.24) is 4.90 Å². The van der Waals surface area contributed by atoms with Crippen molar-refractivity contribution >= 4 is 23.7 Å². The third-order valence-electron chi connectivity index (χ3n) is 5.07. The first-order chi connectivity index (χ1) is 12.1. The van der Waals surface area contributed by atoms with E-state index in [0.717, 1.165) is 25.7 Å². The number of ether oxygens (including phenoxy) is 2. The zero-order chi connectivity index (χ0) is 19.5. The molecule has 2 rings (SSSR count). The first kappa shape index (κ1) is 20.6. The Kier molecular flexibility index (Phi) is 6.25. The van der Waals surface area contributed by atoms with Crippen LogP contribution in [0.2, 0.25) is 0 Å². The standard InChI is InChI=1S/C20H28ClNO4/c1-6-7-8-10-20-11-9-14(21)12-16(20)22(15(13-20)17(23)25-5)18(24)26-19(2,3)4/h7,12,15-16H,1,8-11,13H2,2-5H3/t15-,16-,20-/m0/s1. The lowest BCUT2D eigenvalue weighted by atomic mass is 9.69. The van der Waals surface area contributed by atoms with E-state index < -0.39 is 23.7 Å². The fraction of sp³-hybridized carbons (Fsp3) is 0.650. The van der Waals surface area contributed by atoms with Crippen molar-refractivity contribution < 1.29 is 19.1 Å². The Labute approximate surface area is 160 Å². The number of esters is 1. The van der Waals surface area contributed by atoms with Gasteiger partial charge >= 0.3 is 12.1 Å². The quantitative estimate of drug-likeness (QED) is 0.529. The van der Waals surface area contributed by atoms with Gasteiger partial charge < -0.3 is 9.47 Å². The molecule has 3 atom stereocenters. The summed E-state index contributed by atoms with van der Waals surface area (Å²) in [5.74, 6) is -0.423. The van der Waals surface area contributed by atoms with Crippen LogP contribution in [0.4, 0.5) is 4.79 Å². The van der Waals surface area contributed by atoms with Gasteiger partial charge in [0.15, 0.2) is 0 Å². The van der Waals surface area contributed by atoms with Crippen LogP contribution >= 0.6 is 11.6 Å². The molecule has 1 saturated heterocycles. The topological polar surface area (TPSA) is 55.8 Å². The lowest BCUT2D eigenvalue weighted by molar-refractivity contribution is -0.146. The minimum atomic E-state index is -0.675. The van der Waals surface area contributed by atoms with Crippen molar-refractivity contribution in [2.24, 2.45) is 5.41 Å². The van der Waals surface area contributed by atoms with Crippen molar-refractivity contribution in [3.05, 3.63) is 29.5 Å². The molecule has 1 aliphatic heterocycles. The largest absolute Gasteiger partial charge is 0.467 e. The molecular weight excluding hydrogens is 354 g/mol. The van der Waals surface area contributed by atoms with Crippen LogP contribution in [-0.2, 0) is 14.3 Å². The summed E-state index contributed by atoms with van der Waals surface area (Å²) >= 11 is 6.31. The Bertz CT molecular complexity index is 645. The Morgan fingerprint density at radius 3 is 2.77 bits per heavy atom. The lowest BCUT2D eigenvalue weighted by Gasteiger charge is -2.39. The van der Waals surface area contributed by atoms with E-state index in [-0.39, 0.29) is 11.5 Å². The number of hydrogen-bond acceptors (Lipinski definition) is 4. The molecular formula is C20H28ClNO4. The van der Waals surface area contributed by atoms with E-state index in [1.807, 2.05) is 12.2 Å². The molecule has 2 aliphatic rings. The van der Waals surface area contributed by atoms with Crippen LogP contribution < -0.4 is 0 Å². The normalized spacial score (nSPS) is 27.9. The van der Waals surface area contributed by atoms with Gasteiger partial charge in [0.2, 0.25) is 0 Å². The number of likely N-dealkylation sites (tertiary alicyclic amines) is 1. The second-order valence-electron chi connectivity index (χ2n) is 8.00. The number of fused-ring (bicyclic) bond motifs is 1. The maximum atomic E-state index is 12.9. The van der Waals surface area contributed by atoms with Crippen LogP contribution in [0.15, 0.2) is 29.5 Å². The Morgan fingerprint density at radius 1 is 1.50 bits per heavy atom. The van der Waals surface area contributed by atoms with Gasteiger partial charge in [0, 0.05) is 5.03 Å². The highest BCUT2D eigenvalue weighted by Crippen LogP contribution is 2.52. The maximum absolute atomic E-state index is 12.9. The van der Waals surface area contributed by atoms with Crippen molar-refractivity contribution in [3.8, 4) is 0 Å². The molecule has 0 aromatic rings. The molecule has 0 radical (unpaired) electrons. The molecule has 0 unspecified atom stereocenters. The first-order valence-electron chi connectivity index (χ1n) is 8.93. The summed E-state index contributed by atoms with van der Waals surface area (Å²) in [4.78, 5) is 26.9. The summed E-state index contributed by atoms with van der Waals surface area (Å²) in [6.45, 7) is 9.02. The third-order valence-corrected chi connectivity index (χ3v) is 5.39. The van der Waals surface area contributed by atoms with E-state index in [0.29, 0.717) is 11.5 Å². The molecule has 5 nitrogen and oxygen atoms in total. The van der Waals surface area contributed by atoms with E-state index >= 15 is 0 Å². The van der Waals surface area contributed by atoms with Gasteiger partial charge in [-0.2, -0.15) is 0 Å². The fourth-order valence-corrected chi connectivity index (χ4v) is 4.16. The molecule has 1 amide bonds. The van der Waals surface area contributed by atoms with E-state index in [1.54, 1.807) is 20.8 Å². The summed E-state index contributed by atoms with van der Waals surface area (Å²) in [6.07, 6.45) is 6.95. The number of methoxy groups -OCH3 is 1. The predicted molar refractivity (Wildman–Crippen MR) is 101 cm³/mol. The highest BCUT2D eigenvalue weighted by Gasteiger charge is 2.57. The van der Waals surface area contributed by atoms with Gasteiger partial charge in [-0.3, -0.25) is 4.90 Å². The number of amides is 1. The van der Waals surface area contributed by atoms with E-state index in [9.17, 15) is 9.59 Å². The molecule has 0 aromatic carbocycles. The minimum absolute atomic E-state index is 0.235. The molecule has 144 valence electrons. The number of halogens is 1. The fourth-order valence-electron chi connectivity index (χ4n) is 3.95. The van der Waals surface area contributed by atoms with Crippen molar-refractivity contribution in [2.75, 3.05) is 7.11 Å². The molecule has 1 heterocycles. The average Bonchev–Trinajstić information content (AvgIpc) is 2.88. The molecule has 0 spiro atoms. The summed E-state index contributed by atoms with van der Waals surface area (Å²) in [7, 11) is 1.34. The van der Waals surface area contributed by atoms with E-state index in [1.165, 1.54) is 12.0 Å². The number of allylic oxidation sites excluding steroid dienone is 2. The summed E-state index contributed by atoms with van der Waals surface area (Å²) in [5.41, 5.74) is 1.90. The molecule has 0 N–H and O–H groups in total. The van der Waals surface area contributed by atoms with Crippen LogP contribution in [0, 0.1) is 5.41 Å². The van der Waals surface area contributed by atoms with Gasteiger partial charge in [0.05, 0.1) is 13.2 Å². The molecule has 1 aliphatic carbocycles. The van der Waals surface area contributed by atoms with Gasteiger partial charge in [-0.15, -0.1) is 5.73 Å². The van der Waals surface area contributed by atoms with Gasteiger partial charge in [-0.05, 0) is 70.4 Å². The monoisotopic (exact) mass is 381 g/mol. The highest BCUT2D eigenvalue weighted by molar-refractivity contribution is 6.29. The average molecular weight is 382 g/mol. The third kappa shape index (κ3) is 4.33. The Hall–Kier alpha value is -1.71. The second kappa shape index (κ2) is 7.89. The number of rotatable bonds is 4. The SMILES string of the molecule is C=C=CCC[C@@]12CCC(Cl)=C[C@@H]1N(C(=O)OC(C)(C)C)[C@H](C(=O)OC)C2. The van der Waals surface area contributed by atoms with E-state index in [4.69, 9.17) is 21.1 Å². The summed E-state index contributed by atoms with van der Waals surface area (Å²) in [5, 5.41) is 0.712. The zero-order valence-electron chi connectivity index (χ0n) is 16.0. The minimum Gasteiger partial charge on any atom is -0.467 e. The first-order valence-corrected chi connectivity index (χ1v) is 9.31. The second-order valence-corrected chi connectivity index (χ2v) is 8.48. The van der Waals surface area contributed by atoms with Crippen molar-refractivity contribution in [3.63, 3.8) is 0 Å². The molecule has 0 aromatic heterocycles. The maximum Gasteiger partial charge on any atom is 0.411 e. The predicted octanol–water partition coefficient (Wildman–Crippen LogP) is 4.56. The number of carbonyl (C=O) groups excluding carboxylic acids is 2. The van der Waals surface area contributed by atoms with Gasteiger partial charge in [-0.25, -0.2) is 9.59 Å². The van der Waals surface area contributed by atoms with Crippen LogP contribution in [-0.4, -0.2) is 41.8 Å². The number of hydrogen-bond donors (Lipinski definition) is 0. The lowest BCUT2D eigenvalue weighted by Crippen LogP contribution is -2.49. The van der Waals surface area contributed by atoms with Crippen molar-refractivity contribution in [2.45, 2.75) is 70.6 Å². The summed E-state index contributed by atoms with van der Waals surface area (Å²) in [6, 6.07) is -0.965. The number of nitrogens with zero attached hydrogens (tertiary/aromatic N) is 1. The van der Waals surface area contributed by atoms with Crippen LogP contribution in [0.5, 0.6) is 0 Å². The van der Waals surface area contributed by atoms with Crippen LogP contribution in [0.1, 0.15) is 52.9 Å². The molecule has 0 bridgehead atoms. The van der Waals surface area contributed by atoms with Gasteiger partial charge in [-0.1, -0.05) is 18.2 Å². The van der Waals surface area contributed by atoms with E-state index in [2.05, 4.69) is 12.3 Å². The summed E-state index contributed by atoms with van der Waals surface area (Å²) < 4.78 is 10.6. The Balaban J connectivity index is 2.43. The Morgan fingerprint density at radius 2 is 2.19 bits per heavy atom. The van der Waals surface area contributed by atoms with Gasteiger partial charge in [0.1, 0.15) is 11.6 Å². The van der Waals surface area contributed by atoms with Crippen LogP contribution in [0.3, 0.4) is 0 Å². The van der Waals surface area contributed by atoms with Crippen LogP contribution in [0.25, 0.3) is 0 Å². The highest BCUT2D eigenvalue weighted by atomic mass is 35.5. The number of carbonyl (C=O) groups is 2. The van der Waals surface area contributed by atoms with Crippen molar-refractivity contribution in [1.29, 1.82) is 0 Å². The molecule has 0 saturated carbocycles. The molecule has 1 fully saturated rings. The zero-order valence-corrected chi connectivity index (χ0v) is 16.8.